The fourth-order valence-corrected chi connectivity index (χ4v) is 4.03. The van der Waals surface area contributed by atoms with E-state index in [1.54, 1.807) is 12.1 Å². The summed E-state index contributed by atoms with van der Waals surface area (Å²) in [7, 11) is 0. The van der Waals surface area contributed by atoms with Crippen LogP contribution in [0.5, 0.6) is 11.5 Å². The first kappa shape index (κ1) is 20.3. The number of hydrogen-bond donors (Lipinski definition) is 0. The van der Waals surface area contributed by atoms with Crippen molar-refractivity contribution in [3.8, 4) is 11.5 Å². The van der Waals surface area contributed by atoms with Crippen molar-refractivity contribution in [3.63, 3.8) is 0 Å². The topological polar surface area (TPSA) is 29.5 Å². The summed E-state index contributed by atoms with van der Waals surface area (Å²) >= 11 is 0. The van der Waals surface area contributed by atoms with Gasteiger partial charge in [-0.2, -0.15) is 13.2 Å². The van der Waals surface area contributed by atoms with E-state index < -0.39 is 11.7 Å². The fourth-order valence-electron chi connectivity index (χ4n) is 4.03. The molecule has 4 rings (SSSR count). The molecule has 0 saturated carbocycles. The Morgan fingerprint density at radius 2 is 1.77 bits per heavy atom. The number of carbonyl (C=O) groups is 1. The first-order valence-corrected chi connectivity index (χ1v) is 9.89. The van der Waals surface area contributed by atoms with Crippen molar-refractivity contribution >= 4 is 5.91 Å². The van der Waals surface area contributed by atoms with Gasteiger partial charge in [0.1, 0.15) is 11.5 Å². The molecule has 1 aliphatic heterocycles. The number of benzene rings is 2. The van der Waals surface area contributed by atoms with Gasteiger partial charge in [-0.1, -0.05) is 24.6 Å². The van der Waals surface area contributed by atoms with Gasteiger partial charge >= 0.3 is 6.18 Å². The van der Waals surface area contributed by atoms with E-state index in [1.807, 2.05) is 17.9 Å². The van der Waals surface area contributed by atoms with Crippen LogP contribution >= 0.6 is 0 Å². The molecule has 0 fully saturated rings. The maximum atomic E-state index is 13.2. The van der Waals surface area contributed by atoms with Crippen LogP contribution in [0, 0.1) is 5.92 Å². The molecule has 0 aromatic heterocycles. The van der Waals surface area contributed by atoms with Crippen molar-refractivity contribution in [2.75, 3.05) is 6.54 Å². The summed E-state index contributed by atoms with van der Waals surface area (Å²) in [6, 6.07) is 9.79. The lowest BCUT2D eigenvalue weighted by Crippen LogP contribution is -2.37. The summed E-state index contributed by atoms with van der Waals surface area (Å²) in [6.45, 7) is 4.81. The molecule has 1 aliphatic carbocycles. The number of nitrogens with zero attached hydrogens (tertiary/aromatic N) is 1. The lowest BCUT2D eigenvalue weighted by molar-refractivity contribution is -0.137. The third-order valence-electron chi connectivity index (χ3n) is 5.40. The minimum atomic E-state index is -4.39. The second kappa shape index (κ2) is 7.67. The summed E-state index contributed by atoms with van der Waals surface area (Å²) in [5.74, 6) is 1.02. The van der Waals surface area contributed by atoms with Crippen LogP contribution in [-0.4, -0.2) is 17.4 Å². The summed E-state index contributed by atoms with van der Waals surface area (Å²) in [6.07, 6.45) is 1.43. The van der Waals surface area contributed by atoms with Gasteiger partial charge in [0.2, 0.25) is 0 Å². The Labute approximate surface area is 173 Å². The zero-order chi connectivity index (χ0) is 21.5. The predicted molar refractivity (Wildman–Crippen MR) is 108 cm³/mol. The van der Waals surface area contributed by atoms with E-state index in [4.69, 9.17) is 4.74 Å². The number of halogens is 3. The molecule has 0 N–H and O–H groups in total. The van der Waals surface area contributed by atoms with E-state index in [0.717, 1.165) is 41.8 Å². The molecule has 3 nitrogen and oxygen atoms in total. The van der Waals surface area contributed by atoms with Gasteiger partial charge in [0.05, 0.1) is 5.56 Å². The third-order valence-corrected chi connectivity index (χ3v) is 5.40. The number of alkyl halides is 3. The quantitative estimate of drug-likeness (QED) is 0.585. The van der Waals surface area contributed by atoms with Crippen LogP contribution in [0.4, 0.5) is 13.2 Å². The van der Waals surface area contributed by atoms with Gasteiger partial charge in [-0.3, -0.25) is 4.79 Å². The number of carbonyl (C=O) groups excluding carboxylic acids is 1. The van der Waals surface area contributed by atoms with Crippen molar-refractivity contribution in [2.24, 2.45) is 5.92 Å². The van der Waals surface area contributed by atoms with Gasteiger partial charge in [0.25, 0.3) is 5.91 Å². The Morgan fingerprint density at radius 3 is 2.43 bits per heavy atom. The third kappa shape index (κ3) is 4.13. The summed E-state index contributed by atoms with van der Waals surface area (Å²) in [4.78, 5) is 15.0. The molecule has 2 aromatic rings. The first-order chi connectivity index (χ1) is 14.2. The van der Waals surface area contributed by atoms with E-state index >= 15 is 0 Å². The average molecular weight is 413 g/mol. The van der Waals surface area contributed by atoms with Gasteiger partial charge in [-0.25, -0.2) is 0 Å². The lowest BCUT2D eigenvalue weighted by atomic mass is 9.92. The maximum Gasteiger partial charge on any atom is 0.416 e. The van der Waals surface area contributed by atoms with Crippen LogP contribution in [0.25, 0.3) is 0 Å². The number of rotatable bonds is 3. The van der Waals surface area contributed by atoms with Crippen LogP contribution in [0.2, 0.25) is 0 Å². The molecular formula is C24H22F3NO2. The zero-order valence-corrected chi connectivity index (χ0v) is 16.8. The minimum absolute atomic E-state index is 0.0673. The van der Waals surface area contributed by atoms with E-state index in [9.17, 15) is 18.0 Å². The second-order valence-corrected chi connectivity index (χ2v) is 7.88. The van der Waals surface area contributed by atoms with Crippen LogP contribution in [0.1, 0.15) is 41.8 Å². The molecule has 1 atom stereocenters. The average Bonchev–Trinajstić information content (AvgIpc) is 2.67. The molecule has 0 saturated heterocycles. The fraction of sp³-hybridized carbons (Fsp3) is 0.292. The predicted octanol–water partition coefficient (Wildman–Crippen LogP) is 6.37. The first-order valence-electron chi connectivity index (χ1n) is 9.89. The molecule has 0 spiro atoms. The van der Waals surface area contributed by atoms with Gasteiger partial charge in [-0.05, 0) is 73.7 Å². The van der Waals surface area contributed by atoms with E-state index in [-0.39, 0.29) is 11.7 Å². The molecule has 6 heteroatoms. The summed E-state index contributed by atoms with van der Waals surface area (Å²) < 4.78 is 43.9. The smallest absolute Gasteiger partial charge is 0.416 e. The highest BCUT2D eigenvalue weighted by Crippen LogP contribution is 2.34. The zero-order valence-electron chi connectivity index (χ0n) is 16.8. The molecule has 156 valence electrons. The highest BCUT2D eigenvalue weighted by molar-refractivity contribution is 5.98. The summed E-state index contributed by atoms with van der Waals surface area (Å²) in [5.41, 5.74) is 2.97. The number of amides is 1. The second-order valence-electron chi connectivity index (χ2n) is 7.88. The van der Waals surface area contributed by atoms with Crippen molar-refractivity contribution in [3.05, 3.63) is 82.6 Å². The van der Waals surface area contributed by atoms with Crippen LogP contribution in [0.15, 0.2) is 65.9 Å². The highest BCUT2D eigenvalue weighted by atomic mass is 19.4. The SMILES string of the molecule is CC1=CC(C)CC(N2CCc3ccc(Oc4ccc(C(F)(F)F)cc4)cc3C2=O)=C1. The standard InChI is InChI=1S/C24H22F3NO2/c1-15-11-16(2)13-19(12-15)28-10-9-17-3-6-21(14-22(17)23(28)29)30-20-7-4-18(5-8-20)24(25,26)27/h3-8,11-12,14,16H,9-10,13H2,1-2H3. The molecule has 0 bridgehead atoms. The van der Waals surface area contributed by atoms with Crippen molar-refractivity contribution in [1.29, 1.82) is 0 Å². The molecule has 2 aliphatic rings. The van der Waals surface area contributed by atoms with Gasteiger partial charge in [0, 0.05) is 17.8 Å². The van der Waals surface area contributed by atoms with Crippen LogP contribution < -0.4 is 4.74 Å². The molecule has 1 amide bonds. The Hall–Kier alpha value is -3.02. The maximum absolute atomic E-state index is 13.2. The Balaban J connectivity index is 1.56. The number of ether oxygens (including phenoxy) is 1. The largest absolute Gasteiger partial charge is 0.457 e. The van der Waals surface area contributed by atoms with E-state index in [1.165, 1.54) is 12.1 Å². The molecule has 2 aromatic carbocycles. The van der Waals surface area contributed by atoms with Crippen LogP contribution in [-0.2, 0) is 12.6 Å². The van der Waals surface area contributed by atoms with Gasteiger partial charge in [-0.15, -0.1) is 0 Å². The molecule has 1 unspecified atom stereocenters. The highest BCUT2D eigenvalue weighted by Gasteiger charge is 2.30. The number of hydrogen-bond acceptors (Lipinski definition) is 2. The van der Waals surface area contributed by atoms with Crippen LogP contribution in [0.3, 0.4) is 0 Å². The number of fused-ring (bicyclic) bond motifs is 1. The molecule has 1 heterocycles. The van der Waals surface area contributed by atoms with Gasteiger partial charge in [0.15, 0.2) is 0 Å². The number of allylic oxidation sites excluding steroid dienone is 4. The van der Waals surface area contributed by atoms with Crippen molar-refractivity contribution in [2.45, 2.75) is 32.9 Å². The molecule has 30 heavy (non-hydrogen) atoms. The normalized spacial score (nSPS) is 19.2. The Morgan fingerprint density at radius 1 is 1.07 bits per heavy atom. The van der Waals surface area contributed by atoms with Gasteiger partial charge < -0.3 is 9.64 Å². The Bertz CT molecular complexity index is 1040. The molecular weight excluding hydrogens is 391 g/mol. The van der Waals surface area contributed by atoms with Crippen molar-refractivity contribution in [1.82, 2.24) is 4.90 Å². The van der Waals surface area contributed by atoms with E-state index in [2.05, 4.69) is 19.1 Å². The lowest BCUT2D eigenvalue weighted by Gasteiger charge is -2.33. The van der Waals surface area contributed by atoms with Crippen molar-refractivity contribution < 1.29 is 22.7 Å². The monoisotopic (exact) mass is 413 g/mol. The Kier molecular flexibility index (Phi) is 5.18. The van der Waals surface area contributed by atoms with E-state index in [0.29, 0.717) is 23.8 Å². The summed E-state index contributed by atoms with van der Waals surface area (Å²) in [5, 5.41) is 0. The molecule has 0 radical (unpaired) electrons. The minimum Gasteiger partial charge on any atom is -0.457 e.